The number of aliphatic hydroxyl groups excluding tert-OH is 1. The van der Waals surface area contributed by atoms with Crippen molar-refractivity contribution >= 4 is 42.9 Å². The van der Waals surface area contributed by atoms with Crippen molar-refractivity contribution in [2.45, 2.75) is 96.0 Å². The molecule has 0 spiro atoms. The lowest BCUT2D eigenvalue weighted by Gasteiger charge is -2.28. The number of rotatable bonds is 17. The van der Waals surface area contributed by atoms with Crippen molar-refractivity contribution < 1.29 is 38.5 Å². The van der Waals surface area contributed by atoms with Crippen molar-refractivity contribution in [2.75, 3.05) is 6.61 Å². The van der Waals surface area contributed by atoms with E-state index in [1.807, 2.05) is 32.0 Å². The molecule has 1 aliphatic carbocycles. The van der Waals surface area contributed by atoms with Crippen molar-refractivity contribution in [3.05, 3.63) is 35.9 Å². The van der Waals surface area contributed by atoms with Gasteiger partial charge in [0.05, 0.1) is 6.61 Å². The van der Waals surface area contributed by atoms with Crippen LogP contribution >= 0.6 is 0 Å². The van der Waals surface area contributed by atoms with Gasteiger partial charge in [0.15, 0.2) is 5.80 Å². The summed E-state index contributed by atoms with van der Waals surface area (Å²) in [5, 5.41) is 17.7. The standard InChI is InChI=1S/C30H43BN5O8/c1-18(2)15-22(29(42)43-17-19-9-5-3-6-10-19)34-27(40)23(16-37)35-26(39)21(13-14-24(32)38)33-28(41)25(36-30-31-44-30)20-11-7-4-8-12-20/h3,5-6,9-10,18,20-23,25,37H,4,7-8,11-17H2,1-2H3,(H2,32,38)(H,33,41)(H,34,40)(H,35,39)/t21-,22-,23-,25+/m0/s1. The molecule has 3 rings (SSSR count). The minimum Gasteiger partial charge on any atom is -0.549 e. The number of nitrogens with two attached hydrogens (primary N) is 1. The number of nitrogens with zero attached hydrogens (tertiary/aromatic N) is 1. The fourth-order valence-corrected chi connectivity index (χ4v) is 5.12. The molecule has 239 valence electrons. The number of esters is 1. The number of carbonyl (C=O) groups is 5. The van der Waals surface area contributed by atoms with Crippen LogP contribution in [0.3, 0.4) is 0 Å². The third-order valence-electron chi connectivity index (χ3n) is 7.51. The van der Waals surface area contributed by atoms with E-state index >= 15 is 0 Å². The molecule has 1 aromatic rings. The number of ether oxygens (including phenoxy) is 1. The first-order valence-electron chi connectivity index (χ1n) is 15.2. The molecule has 4 atom stereocenters. The third kappa shape index (κ3) is 11.6. The summed E-state index contributed by atoms with van der Waals surface area (Å²) in [5.41, 5.74) is 6.09. The predicted molar refractivity (Wildman–Crippen MR) is 162 cm³/mol. The zero-order chi connectivity index (χ0) is 32.1. The molecule has 1 saturated heterocycles. The minimum absolute atomic E-state index is 0.0134. The van der Waals surface area contributed by atoms with Crippen molar-refractivity contribution in [1.29, 1.82) is 0 Å². The second-order valence-electron chi connectivity index (χ2n) is 11.6. The summed E-state index contributed by atoms with van der Waals surface area (Å²) in [6.45, 7) is 2.98. The summed E-state index contributed by atoms with van der Waals surface area (Å²) in [6.07, 6.45) is 4.50. The smallest absolute Gasteiger partial charge is 0.474 e. The largest absolute Gasteiger partial charge is 0.549 e. The molecule has 1 aliphatic heterocycles. The molecule has 0 bridgehead atoms. The summed E-state index contributed by atoms with van der Waals surface area (Å²) >= 11 is 0. The van der Waals surface area contributed by atoms with E-state index in [1.165, 1.54) is 7.48 Å². The Morgan fingerprint density at radius 1 is 0.977 bits per heavy atom. The molecule has 2 aliphatic rings. The Labute approximate surface area is 258 Å². The summed E-state index contributed by atoms with van der Waals surface area (Å²) in [5.74, 6) is -3.13. The Hall–Kier alpha value is -3.94. The van der Waals surface area contributed by atoms with Crippen LogP contribution in [0.4, 0.5) is 0 Å². The first-order chi connectivity index (χ1) is 21.1. The molecule has 6 N–H and O–H groups in total. The minimum atomic E-state index is -1.45. The van der Waals surface area contributed by atoms with Gasteiger partial charge >= 0.3 is 13.5 Å². The van der Waals surface area contributed by atoms with Crippen LogP contribution in [0, 0.1) is 11.8 Å². The molecule has 0 aromatic heterocycles. The van der Waals surface area contributed by atoms with Gasteiger partial charge < -0.3 is 36.2 Å². The number of hydrogen-bond donors (Lipinski definition) is 5. The van der Waals surface area contributed by atoms with Gasteiger partial charge in [0.2, 0.25) is 23.6 Å². The second kappa shape index (κ2) is 17.4. The van der Waals surface area contributed by atoms with Crippen molar-refractivity contribution in [1.82, 2.24) is 16.0 Å². The van der Waals surface area contributed by atoms with Crippen LogP contribution in [-0.2, 0) is 40.0 Å². The van der Waals surface area contributed by atoms with E-state index in [9.17, 15) is 29.1 Å². The highest BCUT2D eigenvalue weighted by Gasteiger charge is 2.36. The maximum Gasteiger partial charge on any atom is 0.474 e. The van der Waals surface area contributed by atoms with Gasteiger partial charge in [-0.15, -0.1) is 0 Å². The van der Waals surface area contributed by atoms with Crippen molar-refractivity contribution in [3.8, 4) is 0 Å². The number of primary amides is 1. The van der Waals surface area contributed by atoms with E-state index in [1.54, 1.807) is 12.1 Å². The van der Waals surface area contributed by atoms with Crippen LogP contribution in [-0.4, -0.2) is 78.8 Å². The lowest BCUT2D eigenvalue weighted by molar-refractivity contribution is -0.150. The number of benzene rings is 1. The molecule has 44 heavy (non-hydrogen) atoms. The molecule has 13 nitrogen and oxygen atoms in total. The van der Waals surface area contributed by atoms with E-state index in [0.717, 1.165) is 37.7 Å². The fourth-order valence-electron chi connectivity index (χ4n) is 5.12. The monoisotopic (exact) mass is 612 g/mol. The van der Waals surface area contributed by atoms with Crippen LogP contribution < -0.4 is 21.7 Å². The Balaban J connectivity index is 1.67. The van der Waals surface area contributed by atoms with E-state index in [0.29, 0.717) is 5.80 Å². The van der Waals surface area contributed by atoms with Gasteiger partial charge in [-0.1, -0.05) is 63.4 Å². The van der Waals surface area contributed by atoms with Crippen LogP contribution in [0.5, 0.6) is 0 Å². The predicted octanol–water partition coefficient (Wildman–Crippen LogP) is 0.442. The van der Waals surface area contributed by atoms with Gasteiger partial charge in [-0.25, -0.2) is 9.79 Å². The van der Waals surface area contributed by atoms with Crippen LogP contribution in [0.25, 0.3) is 0 Å². The first-order valence-corrected chi connectivity index (χ1v) is 15.2. The lowest BCUT2D eigenvalue weighted by atomic mass is 9.83. The van der Waals surface area contributed by atoms with E-state index < -0.39 is 60.4 Å². The van der Waals surface area contributed by atoms with Gasteiger partial charge in [-0.3, -0.25) is 19.2 Å². The Kier molecular flexibility index (Phi) is 13.7. The number of hydrogen-bond acceptors (Lipinski definition) is 9. The van der Waals surface area contributed by atoms with E-state index in [2.05, 4.69) is 20.9 Å². The molecule has 1 aromatic carbocycles. The number of aliphatic hydroxyl groups is 1. The second-order valence-corrected chi connectivity index (χ2v) is 11.6. The Bertz CT molecular complexity index is 1170. The van der Waals surface area contributed by atoms with E-state index in [4.69, 9.17) is 15.1 Å². The molecule has 4 amide bonds. The Morgan fingerprint density at radius 2 is 1.59 bits per heavy atom. The maximum absolute atomic E-state index is 13.4. The molecular weight excluding hydrogens is 569 g/mol. The van der Waals surface area contributed by atoms with Crippen molar-refractivity contribution in [3.63, 3.8) is 0 Å². The zero-order valence-corrected chi connectivity index (χ0v) is 25.3. The van der Waals surface area contributed by atoms with Gasteiger partial charge in [0.1, 0.15) is 30.8 Å². The summed E-state index contributed by atoms with van der Waals surface area (Å²) in [7, 11) is 1.43. The summed E-state index contributed by atoms with van der Waals surface area (Å²) in [6, 6.07) is 4.56. The number of amides is 4. The summed E-state index contributed by atoms with van der Waals surface area (Å²) in [4.78, 5) is 68.6. The SMILES string of the molecule is CC(C)C[C@H](NC(=O)[C@H](CO)NC(=O)[C@H](CCC(N)=O)NC(=O)[C@H](N=C1[B]O1)C1CCCCC1)C(=O)OCc1ccccc1. The van der Waals surface area contributed by atoms with Crippen LogP contribution in [0.1, 0.15) is 70.8 Å². The highest BCUT2D eigenvalue weighted by Crippen LogP contribution is 2.29. The average Bonchev–Trinajstić information content (AvgIpc) is 3.83. The van der Waals surface area contributed by atoms with Crippen LogP contribution in [0.15, 0.2) is 35.3 Å². The fraction of sp³-hybridized carbons (Fsp3) is 0.600. The Morgan fingerprint density at radius 3 is 2.18 bits per heavy atom. The summed E-state index contributed by atoms with van der Waals surface area (Å²) < 4.78 is 10.4. The molecule has 1 saturated carbocycles. The topological polar surface area (TPSA) is 202 Å². The normalized spacial score (nSPS) is 18.1. The zero-order valence-electron chi connectivity index (χ0n) is 25.3. The van der Waals surface area contributed by atoms with E-state index in [-0.39, 0.29) is 37.7 Å². The number of aliphatic imine (C=N–C) groups is 1. The van der Waals surface area contributed by atoms with Gasteiger partial charge in [-0.2, -0.15) is 0 Å². The average molecular weight is 613 g/mol. The molecule has 0 unspecified atom stereocenters. The highest BCUT2D eigenvalue weighted by molar-refractivity contribution is 6.83. The molecule has 2 fully saturated rings. The third-order valence-corrected chi connectivity index (χ3v) is 7.51. The lowest BCUT2D eigenvalue weighted by Crippen LogP contribution is -2.58. The molecule has 1 radical (unpaired) electrons. The highest BCUT2D eigenvalue weighted by atomic mass is 16.5. The molecular formula is C30H43BN5O8. The van der Waals surface area contributed by atoms with Crippen LogP contribution in [0.2, 0.25) is 0 Å². The quantitative estimate of drug-likeness (QED) is 0.0947. The first kappa shape index (κ1) is 34.6. The maximum atomic E-state index is 13.4. The van der Waals surface area contributed by atoms with Crippen molar-refractivity contribution in [2.24, 2.45) is 22.6 Å². The molecule has 14 heteroatoms. The molecule has 1 heterocycles. The number of carbonyl (C=O) groups excluding carboxylic acids is 5. The number of nitrogens with one attached hydrogen (secondary N) is 3. The van der Waals surface area contributed by atoms with Gasteiger partial charge in [0.25, 0.3) is 0 Å². The van der Waals surface area contributed by atoms with Gasteiger partial charge in [-0.05, 0) is 43.1 Å². The van der Waals surface area contributed by atoms with Gasteiger partial charge in [0, 0.05) is 6.42 Å².